The summed E-state index contributed by atoms with van der Waals surface area (Å²) in [4.78, 5) is 16.0. The fraction of sp³-hybridized carbons (Fsp3) is 0.294. The molecule has 1 aliphatic rings. The van der Waals surface area contributed by atoms with Gasteiger partial charge in [-0.05, 0) is 42.5 Å². The van der Waals surface area contributed by atoms with Gasteiger partial charge in [-0.2, -0.15) is 0 Å². The van der Waals surface area contributed by atoms with E-state index in [1.165, 1.54) is 18.2 Å². The minimum Gasteiger partial charge on any atom is -0.491 e. The van der Waals surface area contributed by atoms with Crippen LogP contribution in [0.15, 0.2) is 42.7 Å². The summed E-state index contributed by atoms with van der Waals surface area (Å²) < 4.78 is 19.0. The normalized spacial score (nSPS) is 13.4. The van der Waals surface area contributed by atoms with Gasteiger partial charge in [-0.3, -0.25) is 4.98 Å². The Morgan fingerprint density at radius 3 is 2.96 bits per heavy atom. The van der Waals surface area contributed by atoms with Gasteiger partial charge in [0.1, 0.15) is 11.6 Å². The van der Waals surface area contributed by atoms with Crippen LogP contribution in [0.25, 0.3) is 0 Å². The highest BCUT2D eigenvalue weighted by Gasteiger charge is 2.22. The highest BCUT2D eigenvalue weighted by molar-refractivity contribution is 5.90. The first-order valence-corrected chi connectivity index (χ1v) is 7.57. The largest absolute Gasteiger partial charge is 0.491 e. The quantitative estimate of drug-likeness (QED) is 0.859. The summed E-state index contributed by atoms with van der Waals surface area (Å²) >= 11 is 0. The number of carbonyl (C=O) groups excluding carboxylic acids is 1. The van der Waals surface area contributed by atoms with Crippen molar-refractivity contribution in [3.05, 3.63) is 54.1 Å². The molecule has 0 spiro atoms. The lowest BCUT2D eigenvalue weighted by Crippen LogP contribution is -2.28. The SMILES string of the molecule is O=C(NCc1cccnc1)Nc1ccc(F)cc1OCC1CC1. The molecule has 120 valence electrons. The number of halogens is 1. The monoisotopic (exact) mass is 315 g/mol. The molecule has 5 nitrogen and oxygen atoms in total. The molecule has 1 saturated carbocycles. The molecule has 1 heterocycles. The molecule has 2 aromatic rings. The summed E-state index contributed by atoms with van der Waals surface area (Å²) in [6.07, 6.45) is 5.64. The van der Waals surface area contributed by atoms with Crippen molar-refractivity contribution in [2.75, 3.05) is 11.9 Å². The van der Waals surface area contributed by atoms with Crippen LogP contribution in [0.5, 0.6) is 5.75 Å². The van der Waals surface area contributed by atoms with Gasteiger partial charge in [-0.25, -0.2) is 9.18 Å². The maximum absolute atomic E-state index is 13.4. The van der Waals surface area contributed by atoms with E-state index in [4.69, 9.17) is 4.74 Å². The number of pyridine rings is 1. The molecule has 6 heteroatoms. The smallest absolute Gasteiger partial charge is 0.319 e. The third kappa shape index (κ3) is 4.67. The zero-order valence-electron chi connectivity index (χ0n) is 12.6. The van der Waals surface area contributed by atoms with Crippen LogP contribution in [-0.4, -0.2) is 17.6 Å². The van der Waals surface area contributed by atoms with E-state index in [-0.39, 0.29) is 6.03 Å². The summed E-state index contributed by atoms with van der Waals surface area (Å²) in [5.41, 5.74) is 1.35. The molecule has 1 aromatic carbocycles. The predicted octanol–water partition coefficient (Wildman–Crippen LogP) is 3.33. The minimum absolute atomic E-state index is 0.355. The molecular weight excluding hydrogens is 297 g/mol. The van der Waals surface area contributed by atoms with Crippen LogP contribution in [0.3, 0.4) is 0 Å². The number of rotatable bonds is 6. The Kier molecular flexibility index (Phi) is 4.71. The van der Waals surface area contributed by atoms with Gasteiger partial charge in [0.2, 0.25) is 0 Å². The molecule has 0 unspecified atom stereocenters. The van der Waals surface area contributed by atoms with Crippen LogP contribution in [-0.2, 0) is 6.54 Å². The van der Waals surface area contributed by atoms with E-state index >= 15 is 0 Å². The van der Waals surface area contributed by atoms with Crippen molar-refractivity contribution in [3.8, 4) is 5.75 Å². The van der Waals surface area contributed by atoms with Gasteiger partial charge in [0.15, 0.2) is 0 Å². The van der Waals surface area contributed by atoms with E-state index in [0.717, 1.165) is 18.4 Å². The fourth-order valence-electron chi connectivity index (χ4n) is 2.06. The zero-order chi connectivity index (χ0) is 16.1. The molecule has 0 saturated heterocycles. The number of carbonyl (C=O) groups is 1. The van der Waals surface area contributed by atoms with E-state index < -0.39 is 5.82 Å². The number of aromatic nitrogens is 1. The highest BCUT2D eigenvalue weighted by atomic mass is 19.1. The van der Waals surface area contributed by atoms with E-state index in [1.54, 1.807) is 18.5 Å². The summed E-state index contributed by atoms with van der Waals surface area (Å²) in [6, 6.07) is 7.38. The number of hydrogen-bond donors (Lipinski definition) is 2. The van der Waals surface area contributed by atoms with Gasteiger partial charge in [0, 0.05) is 25.0 Å². The van der Waals surface area contributed by atoms with Gasteiger partial charge < -0.3 is 15.4 Å². The molecule has 2 amide bonds. The van der Waals surface area contributed by atoms with E-state index in [9.17, 15) is 9.18 Å². The average Bonchev–Trinajstić information content (AvgIpc) is 3.38. The van der Waals surface area contributed by atoms with E-state index in [2.05, 4.69) is 15.6 Å². The molecule has 0 radical (unpaired) electrons. The van der Waals surface area contributed by atoms with E-state index in [1.807, 2.05) is 6.07 Å². The van der Waals surface area contributed by atoms with Crippen LogP contribution < -0.4 is 15.4 Å². The van der Waals surface area contributed by atoms with Crippen molar-refractivity contribution in [1.29, 1.82) is 0 Å². The van der Waals surface area contributed by atoms with Gasteiger partial charge in [0.05, 0.1) is 12.3 Å². The molecular formula is C17H18FN3O2. The second kappa shape index (κ2) is 7.09. The Labute approximate surface area is 133 Å². The van der Waals surface area contributed by atoms with Crippen molar-refractivity contribution in [2.45, 2.75) is 19.4 Å². The number of benzene rings is 1. The Morgan fingerprint density at radius 1 is 1.35 bits per heavy atom. The van der Waals surface area contributed by atoms with Crippen molar-refractivity contribution >= 4 is 11.7 Å². The topological polar surface area (TPSA) is 63.2 Å². The number of amides is 2. The first kappa shape index (κ1) is 15.3. The number of ether oxygens (including phenoxy) is 1. The standard InChI is InChI=1S/C17H18FN3O2/c18-14-5-6-15(16(8-14)23-11-12-3-4-12)21-17(22)20-10-13-2-1-7-19-9-13/h1-2,5-9,12H,3-4,10-11H2,(H2,20,21,22). The molecule has 1 aliphatic carbocycles. The van der Waals surface area contributed by atoms with Crippen LogP contribution in [0.4, 0.5) is 14.9 Å². The van der Waals surface area contributed by atoms with Crippen LogP contribution in [0.1, 0.15) is 18.4 Å². The van der Waals surface area contributed by atoms with Crippen LogP contribution in [0.2, 0.25) is 0 Å². The second-order valence-corrected chi connectivity index (χ2v) is 5.56. The Morgan fingerprint density at radius 2 is 2.22 bits per heavy atom. The number of nitrogens with one attached hydrogen (secondary N) is 2. The Bertz CT molecular complexity index is 675. The first-order chi connectivity index (χ1) is 11.2. The molecule has 1 aromatic heterocycles. The molecule has 23 heavy (non-hydrogen) atoms. The summed E-state index contributed by atoms with van der Waals surface area (Å²) in [5.74, 6) is 0.510. The second-order valence-electron chi connectivity index (χ2n) is 5.56. The van der Waals surface area contributed by atoms with Crippen molar-refractivity contribution < 1.29 is 13.9 Å². The van der Waals surface area contributed by atoms with Crippen LogP contribution >= 0.6 is 0 Å². The highest BCUT2D eigenvalue weighted by Crippen LogP contribution is 2.32. The maximum Gasteiger partial charge on any atom is 0.319 e. The Hall–Kier alpha value is -2.63. The zero-order valence-corrected chi connectivity index (χ0v) is 12.6. The molecule has 2 N–H and O–H groups in total. The summed E-state index contributed by atoms with van der Waals surface area (Å²) in [7, 11) is 0. The lowest BCUT2D eigenvalue weighted by Gasteiger charge is -2.13. The number of urea groups is 1. The average molecular weight is 315 g/mol. The lowest BCUT2D eigenvalue weighted by molar-refractivity contribution is 0.251. The molecule has 1 fully saturated rings. The maximum atomic E-state index is 13.4. The molecule has 3 rings (SSSR count). The van der Waals surface area contributed by atoms with Crippen molar-refractivity contribution in [1.82, 2.24) is 10.3 Å². The van der Waals surface area contributed by atoms with Crippen molar-refractivity contribution in [3.63, 3.8) is 0 Å². The summed E-state index contributed by atoms with van der Waals surface area (Å²) in [6.45, 7) is 0.911. The van der Waals surface area contributed by atoms with Gasteiger partial charge >= 0.3 is 6.03 Å². The third-order valence-electron chi connectivity index (χ3n) is 3.54. The molecule has 0 atom stereocenters. The first-order valence-electron chi connectivity index (χ1n) is 7.57. The van der Waals surface area contributed by atoms with Crippen molar-refractivity contribution in [2.24, 2.45) is 5.92 Å². The number of nitrogens with zero attached hydrogens (tertiary/aromatic N) is 1. The third-order valence-corrected chi connectivity index (χ3v) is 3.54. The summed E-state index contributed by atoms with van der Waals surface area (Å²) in [5, 5.41) is 5.42. The number of hydrogen-bond acceptors (Lipinski definition) is 3. The Balaban J connectivity index is 1.58. The predicted molar refractivity (Wildman–Crippen MR) is 84.7 cm³/mol. The van der Waals surface area contributed by atoms with Crippen LogP contribution in [0, 0.1) is 11.7 Å². The van der Waals surface area contributed by atoms with Gasteiger partial charge in [0.25, 0.3) is 0 Å². The van der Waals surface area contributed by atoms with Gasteiger partial charge in [-0.15, -0.1) is 0 Å². The van der Waals surface area contributed by atoms with E-state index in [0.29, 0.717) is 30.5 Å². The number of anilines is 1. The minimum atomic E-state index is -0.392. The lowest BCUT2D eigenvalue weighted by atomic mass is 10.2. The molecule has 0 bridgehead atoms. The molecule has 0 aliphatic heterocycles. The fourth-order valence-corrected chi connectivity index (χ4v) is 2.06. The van der Waals surface area contributed by atoms with Gasteiger partial charge in [-0.1, -0.05) is 6.07 Å².